The van der Waals surface area contributed by atoms with Gasteiger partial charge in [0.05, 0.1) is 16.6 Å². The normalized spacial score (nSPS) is 16.8. The van der Waals surface area contributed by atoms with Gasteiger partial charge in [-0.3, -0.25) is 15.0 Å². The number of aromatic nitrogens is 1. The van der Waals surface area contributed by atoms with E-state index in [9.17, 15) is 9.59 Å². The van der Waals surface area contributed by atoms with Crippen molar-refractivity contribution in [2.45, 2.75) is 12.8 Å². The van der Waals surface area contributed by atoms with Crippen molar-refractivity contribution in [3.8, 4) is 11.5 Å². The molecule has 1 aromatic heterocycles. The third-order valence-electron chi connectivity index (χ3n) is 4.67. The summed E-state index contributed by atoms with van der Waals surface area (Å²) in [6.07, 6.45) is 3.38. The van der Waals surface area contributed by atoms with Gasteiger partial charge >= 0.3 is 0 Å². The number of benzene rings is 2. The van der Waals surface area contributed by atoms with Crippen LogP contribution < -0.4 is 14.8 Å². The van der Waals surface area contributed by atoms with Crippen molar-refractivity contribution >= 4 is 51.6 Å². The summed E-state index contributed by atoms with van der Waals surface area (Å²) < 4.78 is 11.4. The first kappa shape index (κ1) is 22.8. The Labute approximate surface area is 199 Å². The number of anilines is 1. The summed E-state index contributed by atoms with van der Waals surface area (Å²) in [5.74, 6) is -0.133. The van der Waals surface area contributed by atoms with Crippen LogP contribution in [0, 0.1) is 5.41 Å². The number of hydrogen-bond acceptors (Lipinski definition) is 8. The Morgan fingerprint density at radius 3 is 2.73 bits per heavy atom. The fourth-order valence-corrected chi connectivity index (χ4v) is 5.01. The molecular weight excluding hydrogens is 458 g/mol. The summed E-state index contributed by atoms with van der Waals surface area (Å²) in [5.41, 5.74) is 1.43. The number of thioether (sulfide) groups is 1. The zero-order chi connectivity index (χ0) is 23.2. The summed E-state index contributed by atoms with van der Waals surface area (Å²) in [6, 6.07) is 14.4. The lowest BCUT2D eigenvalue weighted by Gasteiger charge is -2.13. The Balaban J connectivity index is 1.47. The maximum Gasteiger partial charge on any atom is 0.262 e. The van der Waals surface area contributed by atoms with Crippen molar-refractivity contribution in [1.29, 1.82) is 5.41 Å². The largest absolute Gasteiger partial charge is 0.490 e. The third kappa shape index (κ3) is 5.50. The zero-order valence-corrected chi connectivity index (χ0v) is 19.4. The molecule has 168 valence electrons. The molecule has 1 fully saturated rings. The Morgan fingerprint density at radius 2 is 2.00 bits per heavy atom. The number of amides is 1. The van der Waals surface area contributed by atoms with Crippen LogP contribution in [0.3, 0.4) is 0 Å². The molecule has 0 aliphatic carbocycles. The number of ether oxygens (including phenoxy) is 2. The van der Waals surface area contributed by atoms with Crippen LogP contribution in [0.2, 0.25) is 0 Å². The molecule has 0 radical (unpaired) electrons. The van der Waals surface area contributed by atoms with Gasteiger partial charge in [0, 0.05) is 17.3 Å². The molecule has 0 bridgehead atoms. The van der Waals surface area contributed by atoms with Crippen LogP contribution in [0.25, 0.3) is 6.08 Å². The number of allylic oxidation sites excluding steroid dienone is 1. The van der Waals surface area contributed by atoms with E-state index in [4.69, 9.17) is 14.9 Å². The van der Waals surface area contributed by atoms with Crippen molar-refractivity contribution in [2.24, 2.45) is 0 Å². The minimum atomic E-state index is -0.627. The van der Waals surface area contributed by atoms with Crippen LogP contribution >= 0.6 is 23.1 Å². The number of rotatable bonds is 8. The van der Waals surface area contributed by atoms with Crippen molar-refractivity contribution < 1.29 is 19.1 Å². The van der Waals surface area contributed by atoms with E-state index in [1.165, 1.54) is 11.3 Å². The standard InChI is InChI=1S/C24H21N3O4S2/c1-2-30-18-12-15(13-19-22(29)21(23(25)33-19)24-26-10-11-32-24)8-9-17(18)31-14-20(28)27-16-6-4-3-5-7-16/h3-13,21,25H,2,14H2,1H3,(H,27,28)/b19-13-,25-23?/t21-/m1/s1. The highest BCUT2D eigenvalue weighted by molar-refractivity contribution is 8.19. The van der Waals surface area contributed by atoms with Crippen LogP contribution in [0.5, 0.6) is 11.5 Å². The van der Waals surface area contributed by atoms with E-state index in [1.807, 2.05) is 25.1 Å². The Morgan fingerprint density at radius 1 is 1.18 bits per heavy atom. The number of carbonyl (C=O) groups is 2. The summed E-state index contributed by atoms with van der Waals surface area (Å²) in [6.45, 7) is 2.10. The summed E-state index contributed by atoms with van der Waals surface area (Å²) in [7, 11) is 0. The number of nitrogens with one attached hydrogen (secondary N) is 2. The molecule has 1 amide bonds. The number of hydrogen-bond donors (Lipinski definition) is 2. The van der Waals surface area contributed by atoms with Crippen LogP contribution in [0.1, 0.15) is 23.4 Å². The first-order valence-corrected chi connectivity index (χ1v) is 11.9. The minimum Gasteiger partial charge on any atom is -0.490 e. The highest BCUT2D eigenvalue weighted by Crippen LogP contribution is 2.41. The van der Waals surface area contributed by atoms with Crippen molar-refractivity contribution in [1.82, 2.24) is 4.98 Å². The molecule has 0 saturated carbocycles. The molecule has 2 N–H and O–H groups in total. The SMILES string of the molecule is CCOc1cc(/C=C2\SC(=N)[C@H](c3nccs3)C2=O)ccc1OCC(=O)Nc1ccccc1. The summed E-state index contributed by atoms with van der Waals surface area (Å²) in [4.78, 5) is 29.7. The van der Waals surface area contributed by atoms with Gasteiger partial charge < -0.3 is 14.8 Å². The molecule has 1 saturated heterocycles. The lowest BCUT2D eigenvalue weighted by atomic mass is 10.0. The van der Waals surface area contributed by atoms with E-state index in [0.717, 1.165) is 17.3 Å². The van der Waals surface area contributed by atoms with Crippen molar-refractivity contribution in [3.63, 3.8) is 0 Å². The van der Waals surface area contributed by atoms with Gasteiger partial charge in [-0.05, 0) is 42.8 Å². The van der Waals surface area contributed by atoms with E-state index >= 15 is 0 Å². The molecule has 33 heavy (non-hydrogen) atoms. The second-order valence-electron chi connectivity index (χ2n) is 6.98. The van der Waals surface area contributed by atoms with Gasteiger partial charge in [-0.2, -0.15) is 0 Å². The van der Waals surface area contributed by atoms with E-state index < -0.39 is 5.92 Å². The molecule has 3 aromatic rings. The van der Waals surface area contributed by atoms with Gasteiger partial charge in [-0.15, -0.1) is 11.3 Å². The lowest BCUT2D eigenvalue weighted by Crippen LogP contribution is -2.20. The minimum absolute atomic E-state index is 0.129. The molecular formula is C24H21N3O4S2. The Hall–Kier alpha value is -3.43. The molecule has 7 nitrogen and oxygen atoms in total. The molecule has 1 aliphatic heterocycles. The number of Topliss-reactive ketones (excluding diaryl/α,β-unsaturated/α-hetero) is 1. The predicted octanol–water partition coefficient (Wildman–Crippen LogP) is 4.98. The average Bonchev–Trinajstić information content (AvgIpc) is 3.42. The number of thiazole rings is 1. The first-order valence-electron chi connectivity index (χ1n) is 10.2. The highest BCUT2D eigenvalue weighted by Gasteiger charge is 2.38. The monoisotopic (exact) mass is 479 g/mol. The lowest BCUT2D eigenvalue weighted by molar-refractivity contribution is -0.118. The molecule has 9 heteroatoms. The first-order chi connectivity index (χ1) is 16.0. The molecule has 1 aliphatic rings. The fraction of sp³-hybridized carbons (Fsp3) is 0.167. The second kappa shape index (κ2) is 10.5. The maximum atomic E-state index is 12.9. The zero-order valence-electron chi connectivity index (χ0n) is 17.7. The van der Waals surface area contributed by atoms with E-state index in [0.29, 0.717) is 33.7 Å². The number of ketones is 1. The fourth-order valence-electron chi connectivity index (χ4n) is 3.21. The van der Waals surface area contributed by atoms with Gasteiger partial charge in [-0.1, -0.05) is 36.0 Å². The van der Waals surface area contributed by atoms with Crippen LogP contribution in [-0.2, 0) is 9.59 Å². The molecule has 4 rings (SSSR count). The average molecular weight is 480 g/mol. The Kier molecular flexibility index (Phi) is 7.21. The van der Waals surface area contributed by atoms with E-state index in [-0.39, 0.29) is 23.3 Å². The predicted molar refractivity (Wildman–Crippen MR) is 131 cm³/mol. The maximum absolute atomic E-state index is 12.9. The van der Waals surface area contributed by atoms with E-state index in [2.05, 4.69) is 10.3 Å². The number of nitrogens with zero attached hydrogens (tertiary/aromatic N) is 1. The summed E-state index contributed by atoms with van der Waals surface area (Å²) in [5, 5.41) is 13.7. The molecule has 0 spiro atoms. The quantitative estimate of drug-likeness (QED) is 0.442. The van der Waals surface area contributed by atoms with Gasteiger partial charge in [0.2, 0.25) is 0 Å². The number of para-hydroxylation sites is 1. The third-order valence-corrected chi connectivity index (χ3v) is 6.50. The molecule has 2 heterocycles. The molecule has 0 unspecified atom stereocenters. The molecule has 1 atom stereocenters. The second-order valence-corrected chi connectivity index (χ2v) is 8.99. The molecule has 2 aromatic carbocycles. The summed E-state index contributed by atoms with van der Waals surface area (Å²) >= 11 is 2.52. The van der Waals surface area contributed by atoms with Crippen LogP contribution in [0.4, 0.5) is 5.69 Å². The van der Waals surface area contributed by atoms with Gasteiger partial charge in [0.1, 0.15) is 10.9 Å². The topological polar surface area (TPSA) is 101 Å². The van der Waals surface area contributed by atoms with Crippen LogP contribution in [0.15, 0.2) is 65.0 Å². The van der Waals surface area contributed by atoms with E-state index in [1.54, 1.807) is 48.0 Å². The Bertz CT molecular complexity index is 1190. The van der Waals surface area contributed by atoms with Gasteiger partial charge in [0.25, 0.3) is 5.91 Å². The smallest absolute Gasteiger partial charge is 0.262 e. The van der Waals surface area contributed by atoms with Gasteiger partial charge in [0.15, 0.2) is 23.9 Å². The van der Waals surface area contributed by atoms with Gasteiger partial charge in [-0.25, -0.2) is 4.98 Å². The highest BCUT2D eigenvalue weighted by atomic mass is 32.2. The number of carbonyl (C=O) groups excluding carboxylic acids is 2. The van der Waals surface area contributed by atoms with Crippen molar-refractivity contribution in [2.75, 3.05) is 18.5 Å². The van der Waals surface area contributed by atoms with Crippen molar-refractivity contribution in [3.05, 3.63) is 75.6 Å². The van der Waals surface area contributed by atoms with Crippen LogP contribution in [-0.4, -0.2) is 34.9 Å².